The van der Waals surface area contributed by atoms with Crippen molar-refractivity contribution in [3.05, 3.63) is 76.6 Å². The van der Waals surface area contributed by atoms with Gasteiger partial charge in [0.15, 0.2) is 12.6 Å². The molecule has 2 aliphatic heterocycles. The van der Waals surface area contributed by atoms with Crippen LogP contribution in [0.5, 0.6) is 0 Å². The molecule has 0 saturated carbocycles. The van der Waals surface area contributed by atoms with Crippen LogP contribution in [0.15, 0.2) is 69.9 Å². The molecular formula is C23H23NO7. The van der Waals surface area contributed by atoms with E-state index in [4.69, 9.17) is 23.4 Å². The summed E-state index contributed by atoms with van der Waals surface area (Å²) in [6, 6.07) is 17.4. The van der Waals surface area contributed by atoms with Crippen molar-refractivity contribution >= 4 is 16.7 Å². The minimum Gasteiger partial charge on any atom is -0.423 e. The highest BCUT2D eigenvalue weighted by atomic mass is 16.7. The molecule has 3 heterocycles. The number of aliphatic hydroxyl groups excluding tert-OH is 1. The van der Waals surface area contributed by atoms with Gasteiger partial charge in [-0.15, -0.1) is 0 Å². The molecule has 5 rings (SSSR count). The highest BCUT2D eigenvalue weighted by molar-refractivity contribution is 5.80. The van der Waals surface area contributed by atoms with Crippen LogP contribution in [0.2, 0.25) is 0 Å². The van der Waals surface area contributed by atoms with Gasteiger partial charge in [-0.1, -0.05) is 30.3 Å². The molecule has 0 aliphatic carbocycles. The second kappa shape index (κ2) is 8.41. The van der Waals surface area contributed by atoms with E-state index >= 15 is 0 Å². The summed E-state index contributed by atoms with van der Waals surface area (Å²) in [5.41, 5.74) is 1.55. The van der Waals surface area contributed by atoms with Gasteiger partial charge in [-0.05, 0) is 18.2 Å². The Morgan fingerprint density at radius 3 is 2.68 bits per heavy atom. The molecule has 3 aromatic rings. The van der Waals surface area contributed by atoms with E-state index in [-0.39, 0.29) is 6.61 Å². The number of ether oxygens (including phenoxy) is 4. The summed E-state index contributed by atoms with van der Waals surface area (Å²) in [6.07, 6.45) is -3.32. The van der Waals surface area contributed by atoms with Crippen LogP contribution in [0.3, 0.4) is 0 Å². The Labute approximate surface area is 178 Å². The first-order valence-electron chi connectivity index (χ1n) is 10.1. The summed E-state index contributed by atoms with van der Waals surface area (Å²) in [5, 5.41) is 15.2. The van der Waals surface area contributed by atoms with E-state index in [9.17, 15) is 9.90 Å². The van der Waals surface area contributed by atoms with Crippen molar-refractivity contribution in [3.8, 4) is 0 Å². The number of nitrogens with one attached hydrogen (secondary N) is 1. The molecule has 0 spiro atoms. The summed E-state index contributed by atoms with van der Waals surface area (Å²) in [6.45, 7) is 0.273. The Hall–Kier alpha value is -2.75. The normalized spacial score (nSPS) is 30.6. The Bertz CT molecular complexity index is 1100. The summed E-state index contributed by atoms with van der Waals surface area (Å²) in [7, 11) is 1.52. The van der Waals surface area contributed by atoms with Crippen LogP contribution in [-0.2, 0) is 18.9 Å². The van der Waals surface area contributed by atoms with Gasteiger partial charge in [0.05, 0.1) is 6.61 Å². The largest absolute Gasteiger partial charge is 0.423 e. The lowest BCUT2D eigenvalue weighted by Crippen LogP contribution is -2.64. The topological polar surface area (TPSA) is 99.4 Å². The van der Waals surface area contributed by atoms with Crippen LogP contribution in [0.4, 0.5) is 5.69 Å². The van der Waals surface area contributed by atoms with Crippen LogP contribution >= 0.6 is 0 Å². The van der Waals surface area contributed by atoms with Gasteiger partial charge in [-0.25, -0.2) is 4.79 Å². The monoisotopic (exact) mass is 425 g/mol. The number of fused-ring (bicyclic) bond motifs is 2. The number of benzene rings is 2. The van der Waals surface area contributed by atoms with Gasteiger partial charge < -0.3 is 33.8 Å². The van der Waals surface area contributed by atoms with Crippen LogP contribution in [-0.4, -0.2) is 49.5 Å². The molecule has 3 unspecified atom stereocenters. The van der Waals surface area contributed by atoms with E-state index in [1.807, 2.05) is 42.5 Å². The molecule has 31 heavy (non-hydrogen) atoms. The molecule has 2 aromatic carbocycles. The predicted octanol–water partition coefficient (Wildman–Crippen LogP) is 2.42. The summed E-state index contributed by atoms with van der Waals surface area (Å²) in [4.78, 5) is 11.5. The van der Waals surface area contributed by atoms with E-state index in [2.05, 4.69) is 5.32 Å². The summed E-state index contributed by atoms with van der Waals surface area (Å²) in [5.74, 6) is 0. The van der Waals surface area contributed by atoms with E-state index in [1.54, 1.807) is 12.1 Å². The van der Waals surface area contributed by atoms with Gasteiger partial charge >= 0.3 is 5.63 Å². The van der Waals surface area contributed by atoms with E-state index in [0.29, 0.717) is 11.3 Å². The fourth-order valence-corrected chi connectivity index (χ4v) is 4.07. The van der Waals surface area contributed by atoms with Gasteiger partial charge in [-0.2, -0.15) is 0 Å². The van der Waals surface area contributed by atoms with Crippen molar-refractivity contribution in [1.29, 1.82) is 0 Å². The Morgan fingerprint density at radius 1 is 1.06 bits per heavy atom. The minimum atomic E-state index is -0.933. The Kier molecular flexibility index (Phi) is 5.47. The van der Waals surface area contributed by atoms with Crippen LogP contribution in [0, 0.1) is 0 Å². The number of anilines is 1. The molecular weight excluding hydrogens is 402 g/mol. The van der Waals surface area contributed by atoms with Crippen molar-refractivity contribution in [2.24, 2.45) is 0 Å². The molecule has 0 radical (unpaired) electrons. The lowest BCUT2D eigenvalue weighted by Gasteiger charge is -2.47. The van der Waals surface area contributed by atoms with Crippen molar-refractivity contribution in [3.63, 3.8) is 0 Å². The molecule has 2 N–H and O–H groups in total. The zero-order chi connectivity index (χ0) is 21.4. The average molecular weight is 425 g/mol. The summed E-state index contributed by atoms with van der Waals surface area (Å²) >= 11 is 0. The van der Waals surface area contributed by atoms with Gasteiger partial charge in [-0.3, -0.25) is 0 Å². The highest BCUT2D eigenvalue weighted by Crippen LogP contribution is 2.35. The predicted molar refractivity (Wildman–Crippen MR) is 112 cm³/mol. The van der Waals surface area contributed by atoms with E-state index in [1.165, 1.54) is 13.2 Å². The van der Waals surface area contributed by atoms with E-state index < -0.39 is 42.6 Å². The molecule has 8 nitrogen and oxygen atoms in total. The van der Waals surface area contributed by atoms with E-state index in [0.717, 1.165) is 10.9 Å². The van der Waals surface area contributed by atoms with Crippen molar-refractivity contribution in [1.82, 2.24) is 0 Å². The lowest BCUT2D eigenvalue weighted by molar-refractivity contribution is -0.337. The standard InChI is InChI=1S/C23H23NO7/c1-27-23-19(24-15-9-7-13-8-10-18(25)29-16(13)11-15)20(26)21-17(30-23)12-28-22(31-21)14-5-3-2-4-6-14/h2-11,17,19-24,26H,12H2,1H3/t17?,19?,20-,21-,22?,23+/m0/s1. The second-order valence-electron chi connectivity index (χ2n) is 7.62. The Morgan fingerprint density at radius 2 is 1.87 bits per heavy atom. The molecule has 1 aromatic heterocycles. The quantitative estimate of drug-likeness (QED) is 0.615. The van der Waals surface area contributed by atoms with Crippen molar-refractivity contribution in [2.45, 2.75) is 36.9 Å². The smallest absolute Gasteiger partial charge is 0.336 e. The third-order valence-electron chi connectivity index (χ3n) is 5.63. The molecule has 0 amide bonds. The van der Waals surface area contributed by atoms with Crippen molar-refractivity contribution in [2.75, 3.05) is 19.0 Å². The molecule has 8 heteroatoms. The zero-order valence-corrected chi connectivity index (χ0v) is 16.8. The van der Waals surface area contributed by atoms with Crippen LogP contribution in [0.1, 0.15) is 11.9 Å². The molecule has 0 bridgehead atoms. The second-order valence-corrected chi connectivity index (χ2v) is 7.62. The maximum Gasteiger partial charge on any atom is 0.336 e. The maximum atomic E-state index is 11.5. The molecule has 162 valence electrons. The molecule has 2 fully saturated rings. The minimum absolute atomic E-state index is 0.273. The first-order chi connectivity index (χ1) is 15.1. The molecule has 2 saturated heterocycles. The first-order valence-corrected chi connectivity index (χ1v) is 10.1. The van der Waals surface area contributed by atoms with Crippen LogP contribution < -0.4 is 10.9 Å². The highest BCUT2D eigenvalue weighted by Gasteiger charge is 2.49. The van der Waals surface area contributed by atoms with Gasteiger partial charge in [0.1, 0.15) is 29.9 Å². The van der Waals surface area contributed by atoms with Gasteiger partial charge in [0.2, 0.25) is 0 Å². The van der Waals surface area contributed by atoms with Crippen molar-refractivity contribution < 1.29 is 28.5 Å². The van der Waals surface area contributed by atoms with Gasteiger partial charge in [0, 0.05) is 35.9 Å². The van der Waals surface area contributed by atoms with Crippen LogP contribution in [0.25, 0.3) is 11.0 Å². The number of hydrogen-bond acceptors (Lipinski definition) is 8. The number of rotatable bonds is 4. The Balaban J connectivity index is 1.38. The molecule has 2 aliphatic rings. The SMILES string of the molecule is CO[C@@H]1OC2COC(c3ccccc3)O[C@@H]2[C@@H](O)C1Nc1ccc2ccc(=O)oc2c1. The third-order valence-corrected chi connectivity index (χ3v) is 5.63. The zero-order valence-electron chi connectivity index (χ0n) is 16.8. The molecule has 6 atom stereocenters. The lowest BCUT2D eigenvalue weighted by atomic mass is 9.95. The number of hydrogen-bond donors (Lipinski definition) is 2. The fourth-order valence-electron chi connectivity index (χ4n) is 4.07. The third kappa shape index (κ3) is 3.96. The first kappa shape index (κ1) is 20.2. The average Bonchev–Trinajstić information content (AvgIpc) is 2.81. The summed E-state index contributed by atoms with van der Waals surface area (Å²) < 4.78 is 28.7. The maximum absolute atomic E-state index is 11.5. The number of aliphatic hydroxyl groups is 1. The fraction of sp³-hybridized carbons (Fsp3) is 0.348. The number of methoxy groups -OCH3 is 1. The van der Waals surface area contributed by atoms with Gasteiger partial charge in [0.25, 0.3) is 0 Å².